The van der Waals surface area contributed by atoms with E-state index in [1.54, 1.807) is 0 Å². The van der Waals surface area contributed by atoms with Gasteiger partial charge in [-0.25, -0.2) is 0 Å². The molecule has 1 saturated carbocycles. The predicted molar refractivity (Wildman–Crippen MR) is 74.4 cm³/mol. The molecule has 0 heterocycles. The normalized spacial score (nSPS) is 17.6. The Balaban J connectivity index is 2.19. The molecule has 0 spiro atoms. The number of hydrogen-bond donors (Lipinski definition) is 0. The minimum absolute atomic E-state index is 0.714. The zero-order valence-corrected chi connectivity index (χ0v) is 11.9. The first-order chi connectivity index (χ1) is 7.81. The summed E-state index contributed by atoms with van der Waals surface area (Å²) in [6, 6.07) is 6.72. The minimum atomic E-state index is 0.714. The molecule has 0 radical (unpaired) electrons. The zero-order chi connectivity index (χ0) is 11.4. The summed E-state index contributed by atoms with van der Waals surface area (Å²) in [5.74, 6) is 1.48. The molecule has 0 aromatic heterocycles. The quantitative estimate of drug-likeness (QED) is 0.666. The highest BCUT2D eigenvalue weighted by atomic mass is 79.9. The van der Waals surface area contributed by atoms with Crippen LogP contribution in [0.4, 0.5) is 0 Å². The minimum Gasteiger partial charge on any atom is -0.126 e. The Bertz CT molecular complexity index is 343. The van der Waals surface area contributed by atoms with Crippen molar-refractivity contribution in [2.75, 3.05) is 5.88 Å². The van der Waals surface area contributed by atoms with E-state index in [4.69, 9.17) is 11.6 Å². The molecule has 1 aliphatic rings. The summed E-state index contributed by atoms with van der Waals surface area (Å²) < 4.78 is 1.28. The van der Waals surface area contributed by atoms with Gasteiger partial charge in [0.15, 0.2) is 0 Å². The van der Waals surface area contributed by atoms with Crippen molar-refractivity contribution in [2.45, 2.75) is 44.4 Å². The van der Waals surface area contributed by atoms with E-state index in [1.165, 1.54) is 47.7 Å². The van der Waals surface area contributed by atoms with Crippen LogP contribution in [0, 0.1) is 0 Å². The summed E-state index contributed by atoms with van der Waals surface area (Å²) >= 11 is 9.49. The van der Waals surface area contributed by atoms with Crippen LogP contribution in [0.15, 0.2) is 22.7 Å². The smallest absolute Gasteiger partial charge is 0.0263 e. The van der Waals surface area contributed by atoms with E-state index in [9.17, 15) is 0 Å². The van der Waals surface area contributed by atoms with Crippen molar-refractivity contribution in [3.8, 4) is 0 Å². The van der Waals surface area contributed by atoms with Crippen LogP contribution in [0.25, 0.3) is 0 Å². The summed E-state index contributed by atoms with van der Waals surface area (Å²) in [4.78, 5) is 0. The van der Waals surface area contributed by atoms with Crippen molar-refractivity contribution in [2.24, 2.45) is 0 Å². The van der Waals surface area contributed by atoms with E-state index < -0.39 is 0 Å². The Labute approximate surface area is 112 Å². The number of halogens is 2. The van der Waals surface area contributed by atoms with Gasteiger partial charge in [0.1, 0.15) is 0 Å². The lowest BCUT2D eigenvalue weighted by Gasteiger charge is -2.23. The second-order valence-corrected chi connectivity index (χ2v) is 5.86. The molecule has 1 aromatic rings. The Kier molecular flexibility index (Phi) is 4.72. The van der Waals surface area contributed by atoms with Crippen molar-refractivity contribution in [1.82, 2.24) is 0 Å². The van der Waals surface area contributed by atoms with Gasteiger partial charge in [0.25, 0.3) is 0 Å². The molecule has 0 aliphatic heterocycles. The van der Waals surface area contributed by atoms with Gasteiger partial charge in [-0.2, -0.15) is 0 Å². The van der Waals surface area contributed by atoms with Gasteiger partial charge in [-0.05, 0) is 42.4 Å². The van der Waals surface area contributed by atoms with Gasteiger partial charge in [0.2, 0.25) is 0 Å². The van der Waals surface area contributed by atoms with Crippen LogP contribution in [0.3, 0.4) is 0 Å². The van der Waals surface area contributed by atoms with Gasteiger partial charge >= 0.3 is 0 Å². The van der Waals surface area contributed by atoms with Gasteiger partial charge in [-0.15, -0.1) is 11.6 Å². The third-order valence-electron chi connectivity index (χ3n) is 3.49. The van der Waals surface area contributed by atoms with Crippen molar-refractivity contribution < 1.29 is 0 Å². The first kappa shape index (κ1) is 12.4. The first-order valence-corrected chi connectivity index (χ1v) is 7.48. The molecule has 2 heteroatoms. The zero-order valence-electron chi connectivity index (χ0n) is 9.52. The van der Waals surface area contributed by atoms with Crippen molar-refractivity contribution in [3.05, 3.63) is 33.8 Å². The second kappa shape index (κ2) is 6.07. The van der Waals surface area contributed by atoms with Crippen molar-refractivity contribution in [3.63, 3.8) is 0 Å². The molecule has 0 nitrogen and oxygen atoms in total. The van der Waals surface area contributed by atoms with E-state index in [1.807, 2.05) is 0 Å². The fourth-order valence-corrected chi connectivity index (χ4v) is 3.37. The Morgan fingerprint density at radius 3 is 2.62 bits per heavy atom. The highest BCUT2D eigenvalue weighted by Gasteiger charge is 2.17. The highest BCUT2D eigenvalue weighted by Crippen LogP contribution is 2.36. The van der Waals surface area contributed by atoms with Crippen LogP contribution >= 0.6 is 27.5 Å². The molecule has 1 fully saturated rings. The second-order valence-electron chi connectivity index (χ2n) is 4.63. The Morgan fingerprint density at radius 1 is 1.19 bits per heavy atom. The average molecular weight is 302 g/mol. The van der Waals surface area contributed by atoms with Crippen LogP contribution in [0.5, 0.6) is 0 Å². The van der Waals surface area contributed by atoms with Gasteiger partial charge in [0, 0.05) is 10.4 Å². The van der Waals surface area contributed by atoms with E-state index in [0.29, 0.717) is 5.88 Å². The van der Waals surface area contributed by atoms with E-state index >= 15 is 0 Å². The molecule has 1 aromatic carbocycles. The molecule has 0 amide bonds. The summed E-state index contributed by atoms with van der Waals surface area (Å²) in [7, 11) is 0. The highest BCUT2D eigenvalue weighted by molar-refractivity contribution is 9.10. The lowest BCUT2D eigenvalue weighted by molar-refractivity contribution is 0.442. The Hall–Kier alpha value is -0.0100. The lowest BCUT2D eigenvalue weighted by atomic mass is 9.83. The number of rotatable bonds is 3. The van der Waals surface area contributed by atoms with E-state index in [0.717, 1.165) is 12.3 Å². The maximum Gasteiger partial charge on any atom is 0.0263 e. The van der Waals surface area contributed by atoms with Gasteiger partial charge in [-0.3, -0.25) is 0 Å². The topological polar surface area (TPSA) is 0 Å². The van der Waals surface area contributed by atoms with Gasteiger partial charge in [0.05, 0.1) is 0 Å². The first-order valence-electron chi connectivity index (χ1n) is 6.15. The molecule has 0 N–H and O–H groups in total. The molecule has 16 heavy (non-hydrogen) atoms. The standard InChI is InChI=1S/C14H18BrCl/c15-14-7-6-11(8-9-16)10-13(14)12-4-2-1-3-5-12/h6-7,10,12H,1-5,8-9H2. The predicted octanol–water partition coefficient (Wildman–Crippen LogP) is 5.28. The average Bonchev–Trinajstić information content (AvgIpc) is 2.33. The van der Waals surface area contributed by atoms with Crippen LogP contribution in [0.2, 0.25) is 0 Å². The van der Waals surface area contributed by atoms with E-state index in [-0.39, 0.29) is 0 Å². The number of alkyl halides is 1. The molecule has 1 aliphatic carbocycles. The fraction of sp³-hybridized carbons (Fsp3) is 0.571. The number of hydrogen-bond acceptors (Lipinski definition) is 0. The molecule has 0 bridgehead atoms. The molecule has 88 valence electrons. The molecule has 0 unspecified atom stereocenters. The maximum atomic E-state index is 5.80. The molecular formula is C14H18BrCl. The number of aryl methyl sites for hydroxylation is 1. The van der Waals surface area contributed by atoms with Crippen LogP contribution < -0.4 is 0 Å². The van der Waals surface area contributed by atoms with Gasteiger partial charge in [-0.1, -0.05) is 47.3 Å². The molecular weight excluding hydrogens is 284 g/mol. The largest absolute Gasteiger partial charge is 0.126 e. The third kappa shape index (κ3) is 3.01. The van der Waals surface area contributed by atoms with E-state index in [2.05, 4.69) is 34.1 Å². The number of benzene rings is 1. The summed E-state index contributed by atoms with van der Waals surface area (Å²) in [5.41, 5.74) is 2.88. The molecule has 2 rings (SSSR count). The van der Waals surface area contributed by atoms with Crippen LogP contribution in [-0.4, -0.2) is 5.88 Å². The van der Waals surface area contributed by atoms with Crippen LogP contribution in [-0.2, 0) is 6.42 Å². The Morgan fingerprint density at radius 2 is 1.94 bits per heavy atom. The molecule has 0 atom stereocenters. The van der Waals surface area contributed by atoms with Crippen molar-refractivity contribution in [1.29, 1.82) is 0 Å². The summed E-state index contributed by atoms with van der Waals surface area (Å²) in [6.45, 7) is 0. The summed E-state index contributed by atoms with van der Waals surface area (Å²) in [6.07, 6.45) is 7.86. The maximum absolute atomic E-state index is 5.80. The monoisotopic (exact) mass is 300 g/mol. The summed E-state index contributed by atoms with van der Waals surface area (Å²) in [5, 5.41) is 0. The van der Waals surface area contributed by atoms with Crippen LogP contribution in [0.1, 0.15) is 49.1 Å². The lowest BCUT2D eigenvalue weighted by Crippen LogP contribution is -2.06. The van der Waals surface area contributed by atoms with Crippen molar-refractivity contribution >= 4 is 27.5 Å². The fourth-order valence-electron chi connectivity index (χ4n) is 2.58. The van der Waals surface area contributed by atoms with Gasteiger partial charge < -0.3 is 0 Å². The molecule has 0 saturated heterocycles. The third-order valence-corrected chi connectivity index (χ3v) is 4.40. The SMILES string of the molecule is ClCCc1ccc(Br)c(C2CCCCC2)c1.